The van der Waals surface area contributed by atoms with E-state index in [1.165, 1.54) is 0 Å². The van der Waals surface area contributed by atoms with Crippen LogP contribution in [0.15, 0.2) is 22.7 Å². The number of anilines is 1. The summed E-state index contributed by atoms with van der Waals surface area (Å²) in [5.41, 5.74) is 0.690. The van der Waals surface area contributed by atoms with Crippen molar-refractivity contribution in [1.29, 1.82) is 0 Å². The maximum atomic E-state index is 11.7. The van der Waals surface area contributed by atoms with Crippen LogP contribution in [0.4, 0.5) is 10.5 Å². The number of nitrogens with one attached hydrogen (secondary N) is 2. The lowest BCUT2D eigenvalue weighted by atomic mass is 10.2. The lowest BCUT2D eigenvalue weighted by Crippen LogP contribution is -2.36. The summed E-state index contributed by atoms with van der Waals surface area (Å²) in [5, 5.41) is 14.0. The van der Waals surface area contributed by atoms with Crippen LogP contribution >= 0.6 is 38.5 Å². The van der Waals surface area contributed by atoms with Crippen molar-refractivity contribution in [2.45, 2.75) is 25.8 Å². The number of carboxylic acids is 1. The third-order valence-electron chi connectivity index (χ3n) is 2.35. The van der Waals surface area contributed by atoms with Crippen LogP contribution in [0, 0.1) is 3.57 Å². The van der Waals surface area contributed by atoms with Crippen molar-refractivity contribution in [3.63, 3.8) is 0 Å². The number of halogens is 2. The zero-order valence-corrected chi connectivity index (χ0v) is 14.0. The Morgan fingerprint density at radius 1 is 1.47 bits per heavy atom. The predicted octanol–water partition coefficient (Wildman–Crippen LogP) is 3.43. The van der Waals surface area contributed by atoms with E-state index in [1.54, 1.807) is 13.0 Å². The van der Waals surface area contributed by atoms with E-state index < -0.39 is 5.97 Å². The van der Waals surface area contributed by atoms with Crippen LogP contribution in [-0.4, -0.2) is 23.1 Å². The molecule has 0 aliphatic heterocycles. The first-order valence-electron chi connectivity index (χ1n) is 5.63. The third-order valence-corrected chi connectivity index (χ3v) is 4.67. The molecule has 0 saturated carbocycles. The molecule has 0 saturated heterocycles. The van der Waals surface area contributed by atoms with E-state index >= 15 is 0 Å². The van der Waals surface area contributed by atoms with E-state index in [1.807, 2.05) is 12.1 Å². The number of hydrogen-bond donors (Lipinski definition) is 3. The van der Waals surface area contributed by atoms with Gasteiger partial charge in [-0.3, -0.25) is 4.79 Å². The zero-order valence-electron chi connectivity index (χ0n) is 10.2. The minimum absolute atomic E-state index is 0.0393. The fraction of sp³-hybridized carbons (Fsp3) is 0.333. The standard InChI is InChI=1S/C12H14BrIN2O3/c1-7(2-5-11(17)18)15-12(19)16-8-3-4-9(13)10(14)6-8/h3-4,6-7H,2,5H2,1H3,(H,17,18)(H2,15,16,19). The van der Waals surface area contributed by atoms with Crippen molar-refractivity contribution in [1.82, 2.24) is 5.32 Å². The number of aliphatic carboxylic acids is 1. The van der Waals surface area contributed by atoms with Crippen LogP contribution in [0.1, 0.15) is 19.8 Å². The Balaban J connectivity index is 2.46. The summed E-state index contributed by atoms with van der Waals surface area (Å²) < 4.78 is 1.96. The van der Waals surface area contributed by atoms with Gasteiger partial charge in [0.25, 0.3) is 0 Å². The van der Waals surface area contributed by atoms with E-state index in [2.05, 4.69) is 49.2 Å². The smallest absolute Gasteiger partial charge is 0.319 e. The predicted molar refractivity (Wildman–Crippen MR) is 85.3 cm³/mol. The largest absolute Gasteiger partial charge is 0.481 e. The van der Waals surface area contributed by atoms with Crippen LogP contribution in [0.5, 0.6) is 0 Å². The van der Waals surface area contributed by atoms with Crippen LogP contribution in [-0.2, 0) is 4.79 Å². The van der Waals surface area contributed by atoms with Gasteiger partial charge in [-0.2, -0.15) is 0 Å². The van der Waals surface area contributed by atoms with Gasteiger partial charge in [0.2, 0.25) is 0 Å². The Kier molecular flexibility index (Phi) is 6.56. The molecule has 0 aromatic heterocycles. The first-order valence-corrected chi connectivity index (χ1v) is 7.50. The monoisotopic (exact) mass is 440 g/mol. The molecule has 0 spiro atoms. The molecule has 3 N–H and O–H groups in total. The van der Waals surface area contributed by atoms with Gasteiger partial charge in [0, 0.05) is 26.2 Å². The van der Waals surface area contributed by atoms with Crippen LogP contribution < -0.4 is 10.6 Å². The molecule has 5 nitrogen and oxygen atoms in total. The van der Waals surface area contributed by atoms with Gasteiger partial charge < -0.3 is 15.7 Å². The average Bonchev–Trinajstić information content (AvgIpc) is 2.31. The van der Waals surface area contributed by atoms with E-state index in [-0.39, 0.29) is 18.5 Å². The number of rotatable bonds is 5. The quantitative estimate of drug-likeness (QED) is 0.614. The van der Waals surface area contributed by atoms with Crippen molar-refractivity contribution in [2.24, 2.45) is 0 Å². The fourth-order valence-corrected chi connectivity index (χ4v) is 2.14. The maximum absolute atomic E-state index is 11.7. The Morgan fingerprint density at radius 2 is 2.16 bits per heavy atom. The number of urea groups is 1. The lowest BCUT2D eigenvalue weighted by Gasteiger charge is -2.14. The summed E-state index contributed by atoms with van der Waals surface area (Å²) in [7, 11) is 0. The van der Waals surface area contributed by atoms with Crippen LogP contribution in [0.2, 0.25) is 0 Å². The van der Waals surface area contributed by atoms with Gasteiger partial charge in [0.15, 0.2) is 0 Å². The molecule has 1 aromatic rings. The Morgan fingerprint density at radius 3 is 2.74 bits per heavy atom. The first kappa shape index (κ1) is 16.2. The van der Waals surface area contributed by atoms with Crippen LogP contribution in [0.3, 0.4) is 0 Å². The van der Waals surface area contributed by atoms with Gasteiger partial charge in [-0.25, -0.2) is 4.79 Å². The molecule has 0 radical (unpaired) electrons. The Bertz CT molecular complexity index is 482. The van der Waals surface area contributed by atoms with Gasteiger partial charge in [-0.15, -0.1) is 0 Å². The van der Waals surface area contributed by atoms with E-state index in [0.29, 0.717) is 12.1 Å². The summed E-state index contributed by atoms with van der Waals surface area (Å²) >= 11 is 5.54. The third kappa shape index (κ3) is 6.24. The minimum atomic E-state index is -0.864. The molecule has 0 bridgehead atoms. The molecule has 7 heteroatoms. The van der Waals surface area contributed by atoms with E-state index in [4.69, 9.17) is 5.11 Å². The van der Waals surface area contributed by atoms with Crippen LogP contribution in [0.25, 0.3) is 0 Å². The van der Waals surface area contributed by atoms with Gasteiger partial charge >= 0.3 is 12.0 Å². The Labute approximate surface area is 133 Å². The second-order valence-electron chi connectivity index (χ2n) is 4.06. The van der Waals surface area contributed by atoms with Crippen molar-refractivity contribution in [3.8, 4) is 0 Å². The summed E-state index contributed by atoms with van der Waals surface area (Å²) in [5.74, 6) is -0.864. The molecule has 0 aliphatic carbocycles. The lowest BCUT2D eigenvalue weighted by molar-refractivity contribution is -0.137. The second kappa shape index (κ2) is 7.68. The topological polar surface area (TPSA) is 78.4 Å². The normalized spacial score (nSPS) is 11.7. The molecule has 1 atom stereocenters. The van der Waals surface area contributed by atoms with Gasteiger partial charge in [-0.05, 0) is 70.1 Å². The van der Waals surface area contributed by atoms with Crippen molar-refractivity contribution < 1.29 is 14.7 Å². The highest BCUT2D eigenvalue weighted by molar-refractivity contribution is 14.1. The number of carbonyl (C=O) groups excluding carboxylic acids is 1. The molecule has 0 heterocycles. The zero-order chi connectivity index (χ0) is 14.4. The second-order valence-corrected chi connectivity index (χ2v) is 6.08. The van der Waals surface area contributed by atoms with E-state index in [9.17, 15) is 9.59 Å². The van der Waals surface area contributed by atoms with Gasteiger partial charge in [-0.1, -0.05) is 0 Å². The van der Waals surface area contributed by atoms with Gasteiger partial charge in [0.05, 0.1) is 0 Å². The van der Waals surface area contributed by atoms with Crippen molar-refractivity contribution in [2.75, 3.05) is 5.32 Å². The molecule has 19 heavy (non-hydrogen) atoms. The summed E-state index contributed by atoms with van der Waals surface area (Å²) in [4.78, 5) is 22.1. The highest BCUT2D eigenvalue weighted by Crippen LogP contribution is 2.22. The molecule has 0 fully saturated rings. The number of hydrogen-bond acceptors (Lipinski definition) is 2. The summed E-state index contributed by atoms with van der Waals surface area (Å²) in [6, 6.07) is 4.95. The van der Waals surface area contributed by atoms with Crippen molar-refractivity contribution >= 4 is 56.2 Å². The molecule has 104 valence electrons. The number of carbonyl (C=O) groups is 2. The minimum Gasteiger partial charge on any atom is -0.481 e. The Hall–Kier alpha value is -0.830. The number of amides is 2. The molecule has 2 amide bonds. The molecule has 1 rings (SSSR count). The highest BCUT2D eigenvalue weighted by atomic mass is 127. The number of benzene rings is 1. The molecular weight excluding hydrogens is 427 g/mol. The van der Waals surface area contributed by atoms with Gasteiger partial charge in [0.1, 0.15) is 0 Å². The molecular formula is C12H14BrIN2O3. The summed E-state index contributed by atoms with van der Waals surface area (Å²) in [6.45, 7) is 1.77. The fourth-order valence-electron chi connectivity index (χ4n) is 1.38. The summed E-state index contributed by atoms with van der Waals surface area (Å²) in [6.07, 6.45) is 0.443. The number of carboxylic acid groups (broad SMARTS) is 1. The van der Waals surface area contributed by atoms with E-state index in [0.717, 1.165) is 8.04 Å². The molecule has 1 unspecified atom stereocenters. The average molecular weight is 441 g/mol. The molecule has 0 aliphatic rings. The maximum Gasteiger partial charge on any atom is 0.319 e. The SMILES string of the molecule is CC(CCC(=O)O)NC(=O)Nc1ccc(Br)c(I)c1. The highest BCUT2D eigenvalue weighted by Gasteiger charge is 2.09. The van der Waals surface area contributed by atoms with Crippen molar-refractivity contribution in [3.05, 3.63) is 26.2 Å². The molecule has 1 aromatic carbocycles. The first-order chi connectivity index (χ1) is 8.88.